The van der Waals surface area contributed by atoms with E-state index in [0.29, 0.717) is 0 Å². The standard InChI is InChI=1S/C7H11O3P/c8-7(11(9)10)6-4-2-1-3-5-6/h1-2,6-8H,3-5H2/p+1/t6-,7+/m1/s1. The Labute approximate surface area is 66.6 Å². The highest BCUT2D eigenvalue weighted by atomic mass is 31.1. The van der Waals surface area contributed by atoms with Crippen LogP contribution in [0.1, 0.15) is 19.3 Å². The molecule has 0 spiro atoms. The largest absolute Gasteiger partial charge is 0.537 e. The maximum atomic E-state index is 10.5. The zero-order valence-corrected chi connectivity index (χ0v) is 7.08. The highest BCUT2D eigenvalue weighted by molar-refractivity contribution is 7.38. The van der Waals surface area contributed by atoms with Crippen LogP contribution in [0.25, 0.3) is 0 Å². The van der Waals surface area contributed by atoms with Crippen molar-refractivity contribution >= 4 is 8.03 Å². The third-order valence-corrected chi connectivity index (χ3v) is 2.83. The van der Waals surface area contributed by atoms with Crippen LogP contribution < -0.4 is 0 Å². The third-order valence-electron chi connectivity index (χ3n) is 1.96. The van der Waals surface area contributed by atoms with E-state index in [2.05, 4.69) is 0 Å². The minimum atomic E-state index is -2.41. The van der Waals surface area contributed by atoms with Gasteiger partial charge in [0.2, 0.25) is 0 Å². The number of allylic oxidation sites excluding steroid dienone is 2. The van der Waals surface area contributed by atoms with Crippen molar-refractivity contribution in [3.8, 4) is 0 Å². The molecule has 1 rings (SSSR count). The first-order valence-electron chi connectivity index (χ1n) is 3.70. The molecule has 4 heteroatoms. The molecule has 0 heterocycles. The summed E-state index contributed by atoms with van der Waals surface area (Å²) in [6.45, 7) is 0. The molecule has 1 aliphatic rings. The maximum absolute atomic E-state index is 10.5. The summed E-state index contributed by atoms with van der Waals surface area (Å²) in [6, 6.07) is 0. The Morgan fingerprint density at radius 2 is 2.27 bits per heavy atom. The predicted molar refractivity (Wildman–Crippen MR) is 42.3 cm³/mol. The molecule has 0 amide bonds. The van der Waals surface area contributed by atoms with Crippen LogP contribution in [0.3, 0.4) is 0 Å². The molecule has 0 radical (unpaired) electrons. The summed E-state index contributed by atoms with van der Waals surface area (Å²) < 4.78 is 10.5. The second-order valence-corrected chi connectivity index (χ2v) is 3.89. The quantitative estimate of drug-likeness (QED) is 0.492. The molecule has 0 aromatic heterocycles. The van der Waals surface area contributed by atoms with Crippen LogP contribution in [0.5, 0.6) is 0 Å². The predicted octanol–water partition coefficient (Wildman–Crippen LogP) is 1.40. The maximum Gasteiger partial charge on any atom is 0.537 e. The van der Waals surface area contributed by atoms with Gasteiger partial charge >= 0.3 is 8.03 Å². The van der Waals surface area contributed by atoms with Crippen LogP contribution >= 0.6 is 8.03 Å². The van der Waals surface area contributed by atoms with E-state index in [1.54, 1.807) is 0 Å². The van der Waals surface area contributed by atoms with E-state index in [-0.39, 0.29) is 5.92 Å². The van der Waals surface area contributed by atoms with Gasteiger partial charge in [-0.1, -0.05) is 12.2 Å². The third kappa shape index (κ3) is 2.37. The highest BCUT2D eigenvalue weighted by Gasteiger charge is 2.34. The van der Waals surface area contributed by atoms with Gasteiger partial charge in [0, 0.05) is 5.92 Å². The fourth-order valence-electron chi connectivity index (χ4n) is 1.27. The van der Waals surface area contributed by atoms with Gasteiger partial charge in [-0.3, -0.25) is 0 Å². The van der Waals surface area contributed by atoms with Gasteiger partial charge < -0.3 is 5.11 Å². The van der Waals surface area contributed by atoms with E-state index in [1.807, 2.05) is 12.2 Å². The Kier molecular flexibility index (Phi) is 3.18. The molecule has 0 aromatic carbocycles. The monoisotopic (exact) mass is 175 g/mol. The van der Waals surface area contributed by atoms with Crippen molar-refractivity contribution in [3.05, 3.63) is 12.2 Å². The molecule has 0 saturated heterocycles. The molecule has 0 fully saturated rings. The van der Waals surface area contributed by atoms with Crippen LogP contribution in [-0.2, 0) is 4.57 Å². The minimum Gasteiger partial charge on any atom is -0.348 e. The first-order valence-corrected chi connectivity index (χ1v) is 4.98. The summed E-state index contributed by atoms with van der Waals surface area (Å²) in [5.74, 6) is -1.05. The van der Waals surface area contributed by atoms with Gasteiger partial charge in [0.15, 0.2) is 0 Å². The van der Waals surface area contributed by atoms with Crippen molar-refractivity contribution in [1.29, 1.82) is 0 Å². The molecule has 0 aromatic rings. The van der Waals surface area contributed by atoms with Crippen molar-refractivity contribution < 1.29 is 14.6 Å². The van der Waals surface area contributed by atoms with Gasteiger partial charge in [0.05, 0.1) is 0 Å². The highest BCUT2D eigenvalue weighted by Crippen LogP contribution is 2.33. The first kappa shape index (κ1) is 8.85. The van der Waals surface area contributed by atoms with Gasteiger partial charge in [0.1, 0.15) is 0 Å². The zero-order chi connectivity index (χ0) is 8.27. The van der Waals surface area contributed by atoms with E-state index in [1.165, 1.54) is 0 Å². The molecule has 0 saturated carbocycles. The van der Waals surface area contributed by atoms with Crippen LogP contribution in [0.4, 0.5) is 0 Å². The Morgan fingerprint density at radius 1 is 1.55 bits per heavy atom. The zero-order valence-electron chi connectivity index (χ0n) is 6.18. The lowest BCUT2D eigenvalue weighted by Crippen LogP contribution is -2.17. The first-order chi connectivity index (χ1) is 5.22. The van der Waals surface area contributed by atoms with Gasteiger partial charge in [-0.15, -0.1) is 0 Å². The number of aliphatic hydroxyl groups excluding tert-OH is 1. The molecule has 0 bridgehead atoms. The lowest BCUT2D eigenvalue weighted by molar-refractivity contribution is 0.164. The summed E-state index contributed by atoms with van der Waals surface area (Å²) in [6.07, 6.45) is 6.44. The fraction of sp³-hybridized carbons (Fsp3) is 0.714. The van der Waals surface area contributed by atoms with E-state index in [4.69, 9.17) is 4.89 Å². The van der Waals surface area contributed by atoms with Crippen LogP contribution in [0.2, 0.25) is 0 Å². The smallest absolute Gasteiger partial charge is 0.348 e. The molecular weight excluding hydrogens is 163 g/mol. The SMILES string of the molecule is O=[P+](O)[C@H](O)[C@@H]1CC=CCC1. The number of rotatable bonds is 2. The van der Waals surface area contributed by atoms with Crippen molar-refractivity contribution in [2.75, 3.05) is 0 Å². The Bertz CT molecular complexity index is 179. The van der Waals surface area contributed by atoms with E-state index in [9.17, 15) is 9.67 Å². The summed E-state index contributed by atoms with van der Waals surface area (Å²) in [7, 11) is -2.41. The van der Waals surface area contributed by atoms with Crippen molar-refractivity contribution in [2.45, 2.75) is 25.1 Å². The van der Waals surface area contributed by atoms with E-state index in [0.717, 1.165) is 19.3 Å². The fourth-order valence-corrected chi connectivity index (χ4v) is 1.90. The van der Waals surface area contributed by atoms with Crippen molar-refractivity contribution in [2.24, 2.45) is 5.92 Å². The molecule has 2 N–H and O–H groups in total. The summed E-state index contributed by atoms with van der Waals surface area (Å²) in [5.41, 5.74) is 0. The van der Waals surface area contributed by atoms with E-state index >= 15 is 0 Å². The topological polar surface area (TPSA) is 57.5 Å². The average molecular weight is 175 g/mol. The number of hydrogen-bond acceptors (Lipinski definition) is 2. The van der Waals surface area contributed by atoms with Gasteiger partial charge in [-0.05, 0) is 23.8 Å². The molecule has 1 unspecified atom stereocenters. The summed E-state index contributed by atoms with van der Waals surface area (Å²) in [5, 5.41) is 9.18. The van der Waals surface area contributed by atoms with Crippen LogP contribution in [0.15, 0.2) is 12.2 Å². The van der Waals surface area contributed by atoms with Gasteiger partial charge in [-0.25, -0.2) is 0 Å². The van der Waals surface area contributed by atoms with Crippen LogP contribution in [0, 0.1) is 5.92 Å². The Hall–Kier alpha value is -0.240. The summed E-state index contributed by atoms with van der Waals surface area (Å²) in [4.78, 5) is 8.61. The minimum absolute atomic E-state index is 0.0198. The number of aliphatic hydroxyl groups is 1. The average Bonchev–Trinajstić information content (AvgIpc) is 2.05. The Morgan fingerprint density at radius 3 is 2.73 bits per heavy atom. The van der Waals surface area contributed by atoms with Crippen molar-refractivity contribution in [1.82, 2.24) is 0 Å². The lowest BCUT2D eigenvalue weighted by atomic mass is 9.95. The molecular formula is C7H12O3P+. The van der Waals surface area contributed by atoms with Gasteiger partial charge in [-0.2, -0.15) is 4.89 Å². The lowest BCUT2D eigenvalue weighted by Gasteiger charge is -2.14. The molecule has 3 atom stereocenters. The molecule has 1 aliphatic carbocycles. The van der Waals surface area contributed by atoms with Crippen LogP contribution in [-0.4, -0.2) is 15.8 Å². The summed E-state index contributed by atoms with van der Waals surface area (Å²) >= 11 is 0. The second kappa shape index (κ2) is 3.96. The second-order valence-electron chi connectivity index (χ2n) is 2.76. The molecule has 11 heavy (non-hydrogen) atoms. The number of hydrogen-bond donors (Lipinski definition) is 2. The van der Waals surface area contributed by atoms with Gasteiger partial charge in [0.25, 0.3) is 5.85 Å². The molecule has 62 valence electrons. The van der Waals surface area contributed by atoms with Crippen molar-refractivity contribution in [3.63, 3.8) is 0 Å². The van der Waals surface area contributed by atoms with E-state index < -0.39 is 13.9 Å². The Balaban J connectivity index is 2.46. The molecule has 0 aliphatic heterocycles. The molecule has 3 nitrogen and oxygen atoms in total. The normalized spacial score (nSPS) is 28.2.